The SMILES string of the molecule is Cc1ccc(N(c2ccc(C)cc2)c2ccc3c(c2)C(C)(C)c2cc4c5ccccc5sc4c4c5ccccc5n-3c24)cc1. The average molecular weight is 585 g/mol. The maximum atomic E-state index is 2.54. The molecule has 2 nitrogen and oxygen atoms in total. The molecule has 3 heteroatoms. The lowest BCUT2D eigenvalue weighted by Gasteiger charge is -2.36. The molecule has 0 saturated heterocycles. The van der Waals surface area contributed by atoms with Gasteiger partial charge in [0.1, 0.15) is 0 Å². The molecule has 0 amide bonds. The van der Waals surface area contributed by atoms with Crippen molar-refractivity contribution in [3.05, 3.63) is 144 Å². The first-order chi connectivity index (χ1) is 21.4. The normalized spacial score (nSPS) is 13.6. The van der Waals surface area contributed by atoms with Crippen LogP contribution in [-0.4, -0.2) is 4.57 Å². The summed E-state index contributed by atoms with van der Waals surface area (Å²) in [7, 11) is 0. The molecular weight excluding hydrogens is 553 g/mol. The van der Waals surface area contributed by atoms with E-state index in [2.05, 4.69) is 158 Å². The molecule has 44 heavy (non-hydrogen) atoms. The van der Waals surface area contributed by atoms with Gasteiger partial charge in [-0.05, 0) is 85.6 Å². The highest BCUT2D eigenvalue weighted by atomic mass is 32.1. The predicted octanol–water partition coefficient (Wildman–Crippen LogP) is 11.9. The van der Waals surface area contributed by atoms with Gasteiger partial charge in [-0.2, -0.15) is 0 Å². The highest BCUT2D eigenvalue weighted by Crippen LogP contribution is 2.53. The third-order valence-electron chi connectivity index (χ3n) is 9.69. The fraction of sp³-hybridized carbons (Fsp3) is 0.122. The van der Waals surface area contributed by atoms with E-state index in [9.17, 15) is 0 Å². The first-order valence-corrected chi connectivity index (χ1v) is 16.2. The van der Waals surface area contributed by atoms with Crippen LogP contribution in [-0.2, 0) is 5.41 Å². The monoisotopic (exact) mass is 584 g/mol. The van der Waals surface area contributed by atoms with Gasteiger partial charge in [-0.1, -0.05) is 85.6 Å². The highest BCUT2D eigenvalue weighted by molar-refractivity contribution is 7.26. The van der Waals surface area contributed by atoms with Crippen LogP contribution >= 0.6 is 11.3 Å². The van der Waals surface area contributed by atoms with Crippen LogP contribution in [0.3, 0.4) is 0 Å². The van der Waals surface area contributed by atoms with Crippen LogP contribution in [0.1, 0.15) is 36.1 Å². The van der Waals surface area contributed by atoms with Gasteiger partial charge >= 0.3 is 0 Å². The van der Waals surface area contributed by atoms with E-state index < -0.39 is 0 Å². The number of aryl methyl sites for hydroxylation is 2. The van der Waals surface area contributed by atoms with Crippen LogP contribution in [0.4, 0.5) is 17.1 Å². The fourth-order valence-electron chi connectivity index (χ4n) is 7.40. The Labute approximate surface area is 261 Å². The van der Waals surface area contributed by atoms with E-state index in [1.54, 1.807) is 0 Å². The lowest BCUT2D eigenvalue weighted by atomic mass is 9.74. The molecule has 0 unspecified atom stereocenters. The third kappa shape index (κ3) is 3.48. The van der Waals surface area contributed by atoms with Crippen molar-refractivity contribution in [2.45, 2.75) is 33.1 Å². The van der Waals surface area contributed by atoms with Gasteiger partial charge in [-0.3, -0.25) is 0 Å². The number of anilines is 3. The second-order valence-electron chi connectivity index (χ2n) is 12.8. The second-order valence-corrected chi connectivity index (χ2v) is 13.9. The summed E-state index contributed by atoms with van der Waals surface area (Å²) in [5, 5.41) is 5.43. The van der Waals surface area contributed by atoms with Gasteiger partial charge in [-0.25, -0.2) is 0 Å². The number of thiophene rings is 1. The van der Waals surface area contributed by atoms with Crippen LogP contribution in [0.2, 0.25) is 0 Å². The van der Waals surface area contributed by atoms with E-state index >= 15 is 0 Å². The molecular formula is C41H32N2S. The Hall–Kier alpha value is -4.86. The lowest BCUT2D eigenvalue weighted by Crippen LogP contribution is -2.27. The van der Waals surface area contributed by atoms with Gasteiger partial charge < -0.3 is 9.47 Å². The molecule has 3 heterocycles. The molecule has 6 aromatic carbocycles. The summed E-state index contributed by atoms with van der Waals surface area (Å²) < 4.78 is 5.28. The Kier molecular flexibility index (Phi) is 5.28. The van der Waals surface area contributed by atoms with E-state index in [1.165, 1.54) is 75.6 Å². The number of hydrogen-bond donors (Lipinski definition) is 0. The summed E-state index contributed by atoms with van der Waals surface area (Å²) in [6.45, 7) is 9.12. The number of fused-ring (bicyclic) bond motifs is 9. The van der Waals surface area contributed by atoms with E-state index in [0.29, 0.717) is 0 Å². The van der Waals surface area contributed by atoms with Crippen molar-refractivity contribution in [1.82, 2.24) is 4.57 Å². The number of nitrogens with zero attached hydrogens (tertiary/aromatic N) is 2. The summed E-state index contributed by atoms with van der Waals surface area (Å²) in [4.78, 5) is 2.39. The Balaban J connectivity index is 1.36. The molecule has 8 aromatic rings. The summed E-state index contributed by atoms with van der Waals surface area (Å²) in [6, 6.07) is 45.2. The van der Waals surface area contributed by atoms with E-state index in [0.717, 1.165) is 11.4 Å². The van der Waals surface area contributed by atoms with E-state index in [4.69, 9.17) is 0 Å². The summed E-state index contributed by atoms with van der Waals surface area (Å²) in [5.41, 5.74) is 12.4. The molecule has 9 rings (SSSR count). The number of aromatic nitrogens is 1. The topological polar surface area (TPSA) is 8.17 Å². The minimum atomic E-state index is -0.211. The zero-order chi connectivity index (χ0) is 29.7. The fourth-order valence-corrected chi connectivity index (χ4v) is 8.64. The highest BCUT2D eigenvalue weighted by Gasteiger charge is 2.37. The van der Waals surface area contributed by atoms with E-state index in [-0.39, 0.29) is 5.41 Å². The summed E-state index contributed by atoms with van der Waals surface area (Å²) in [5.74, 6) is 0. The number of hydrogen-bond acceptors (Lipinski definition) is 2. The van der Waals surface area contributed by atoms with Gasteiger partial charge in [0.2, 0.25) is 0 Å². The minimum absolute atomic E-state index is 0.211. The number of rotatable bonds is 3. The van der Waals surface area contributed by atoms with Crippen molar-refractivity contribution in [3.8, 4) is 5.69 Å². The smallest absolute Gasteiger partial charge is 0.0596 e. The van der Waals surface area contributed by atoms with Crippen LogP contribution in [0.5, 0.6) is 0 Å². The van der Waals surface area contributed by atoms with Crippen LogP contribution in [0.15, 0.2) is 121 Å². The molecule has 0 saturated carbocycles. The van der Waals surface area contributed by atoms with Crippen molar-refractivity contribution < 1.29 is 0 Å². The molecule has 2 aromatic heterocycles. The Morgan fingerprint density at radius 1 is 0.591 bits per heavy atom. The minimum Gasteiger partial charge on any atom is -0.310 e. The van der Waals surface area contributed by atoms with Gasteiger partial charge in [0, 0.05) is 53.4 Å². The molecule has 0 radical (unpaired) electrons. The van der Waals surface area contributed by atoms with Crippen molar-refractivity contribution >= 4 is 70.4 Å². The first-order valence-electron chi connectivity index (χ1n) is 15.4. The van der Waals surface area contributed by atoms with Gasteiger partial charge in [0.15, 0.2) is 0 Å². The van der Waals surface area contributed by atoms with Gasteiger partial charge in [0.05, 0.1) is 16.7 Å². The van der Waals surface area contributed by atoms with Gasteiger partial charge in [-0.15, -0.1) is 11.3 Å². The quantitative estimate of drug-likeness (QED) is 0.200. The molecule has 0 bridgehead atoms. The van der Waals surface area contributed by atoms with Crippen molar-refractivity contribution in [3.63, 3.8) is 0 Å². The Bertz CT molecular complexity index is 2380. The van der Waals surface area contributed by atoms with Crippen LogP contribution in [0, 0.1) is 13.8 Å². The largest absolute Gasteiger partial charge is 0.310 e. The average Bonchev–Trinajstić information content (AvgIpc) is 3.58. The summed E-state index contributed by atoms with van der Waals surface area (Å²) >= 11 is 1.93. The molecule has 0 spiro atoms. The van der Waals surface area contributed by atoms with Crippen LogP contribution in [0.25, 0.3) is 47.7 Å². The Morgan fingerprint density at radius 2 is 1.20 bits per heavy atom. The van der Waals surface area contributed by atoms with Crippen molar-refractivity contribution in [2.24, 2.45) is 0 Å². The molecule has 0 aliphatic carbocycles. The third-order valence-corrected chi connectivity index (χ3v) is 10.9. The Morgan fingerprint density at radius 3 is 1.91 bits per heavy atom. The van der Waals surface area contributed by atoms with Crippen molar-refractivity contribution in [2.75, 3.05) is 4.90 Å². The molecule has 0 atom stereocenters. The van der Waals surface area contributed by atoms with Crippen LogP contribution < -0.4 is 4.90 Å². The molecule has 1 aliphatic heterocycles. The standard InChI is InChI=1S/C41H32N2S/c1-25-13-17-27(18-14-25)42(28-19-15-26(2)16-20-28)29-21-22-36-33(23-29)41(3,4)34-24-32-30-9-6-8-12-37(30)44-40(32)38-31-10-5-7-11-35(31)43(36)39(34)38/h5-24H,1-4H3. The summed E-state index contributed by atoms with van der Waals surface area (Å²) in [6.07, 6.45) is 0. The second kappa shape index (κ2) is 9.07. The number of benzene rings is 6. The van der Waals surface area contributed by atoms with Crippen molar-refractivity contribution in [1.29, 1.82) is 0 Å². The molecule has 0 fully saturated rings. The van der Waals surface area contributed by atoms with Gasteiger partial charge in [0.25, 0.3) is 0 Å². The first kappa shape index (κ1) is 25.6. The number of para-hydroxylation sites is 1. The maximum absolute atomic E-state index is 2.54. The lowest BCUT2D eigenvalue weighted by molar-refractivity contribution is 0.631. The van der Waals surface area contributed by atoms with E-state index in [1.807, 2.05) is 11.3 Å². The molecule has 0 N–H and O–H groups in total. The zero-order valence-corrected chi connectivity index (χ0v) is 26.2. The molecule has 1 aliphatic rings. The molecule has 212 valence electrons. The zero-order valence-electron chi connectivity index (χ0n) is 25.3. The maximum Gasteiger partial charge on any atom is 0.0596 e. The predicted molar refractivity (Wildman–Crippen MR) is 190 cm³/mol.